The smallest absolute Gasteiger partial charge is 0.226 e. The fourth-order valence-electron chi connectivity index (χ4n) is 2.43. The van der Waals surface area contributed by atoms with Crippen molar-refractivity contribution in [2.75, 3.05) is 35.8 Å². The van der Waals surface area contributed by atoms with Crippen LogP contribution >= 0.6 is 23.2 Å². The molecular weight excluding hydrogens is 373 g/mol. The van der Waals surface area contributed by atoms with Gasteiger partial charge in [0.05, 0.1) is 15.7 Å². The second-order valence-corrected chi connectivity index (χ2v) is 6.79. The summed E-state index contributed by atoms with van der Waals surface area (Å²) in [4.78, 5) is 27.8. The number of anilines is 3. The van der Waals surface area contributed by atoms with E-state index in [9.17, 15) is 9.59 Å². The van der Waals surface area contributed by atoms with Gasteiger partial charge in [-0.05, 0) is 36.4 Å². The van der Waals surface area contributed by atoms with Crippen molar-refractivity contribution >= 4 is 52.1 Å². The Kier molecular flexibility index (Phi) is 6.89. The van der Waals surface area contributed by atoms with Gasteiger partial charge in [0.25, 0.3) is 0 Å². The van der Waals surface area contributed by atoms with E-state index in [1.54, 1.807) is 23.1 Å². The molecule has 2 rings (SSSR count). The lowest BCUT2D eigenvalue weighted by Gasteiger charge is -2.22. The number of nitrogens with zero attached hydrogens (tertiary/aromatic N) is 2. The van der Waals surface area contributed by atoms with Crippen LogP contribution < -0.4 is 15.1 Å². The summed E-state index contributed by atoms with van der Waals surface area (Å²) in [7, 11) is 3.89. The largest absolute Gasteiger partial charge is 0.378 e. The highest BCUT2D eigenvalue weighted by atomic mass is 35.5. The summed E-state index contributed by atoms with van der Waals surface area (Å²) in [5.41, 5.74) is 2.15. The minimum absolute atomic E-state index is 0.122. The number of benzene rings is 2. The van der Waals surface area contributed by atoms with Gasteiger partial charge in [-0.1, -0.05) is 29.3 Å². The van der Waals surface area contributed by atoms with Gasteiger partial charge in [-0.3, -0.25) is 9.59 Å². The van der Waals surface area contributed by atoms with E-state index >= 15 is 0 Å². The summed E-state index contributed by atoms with van der Waals surface area (Å²) in [6.45, 7) is 1.73. The Morgan fingerprint density at radius 1 is 0.962 bits per heavy atom. The lowest BCUT2D eigenvalue weighted by Crippen LogP contribution is -2.32. The number of carbonyl (C=O) groups excluding carboxylic acids is 2. The molecule has 0 unspecified atom stereocenters. The average molecular weight is 394 g/mol. The van der Waals surface area contributed by atoms with Crippen LogP contribution in [0.2, 0.25) is 10.0 Å². The monoisotopic (exact) mass is 393 g/mol. The van der Waals surface area contributed by atoms with E-state index in [-0.39, 0.29) is 24.8 Å². The van der Waals surface area contributed by atoms with E-state index in [0.29, 0.717) is 15.7 Å². The van der Waals surface area contributed by atoms with Crippen LogP contribution in [0.1, 0.15) is 13.3 Å². The highest BCUT2D eigenvalue weighted by Crippen LogP contribution is 2.30. The zero-order valence-electron chi connectivity index (χ0n) is 14.9. The van der Waals surface area contributed by atoms with Gasteiger partial charge < -0.3 is 15.1 Å². The van der Waals surface area contributed by atoms with Crippen molar-refractivity contribution < 1.29 is 9.59 Å². The van der Waals surface area contributed by atoms with Gasteiger partial charge in [0, 0.05) is 45.4 Å². The molecule has 0 aliphatic rings. The Labute approximate surface area is 163 Å². The Morgan fingerprint density at radius 3 is 2.00 bits per heavy atom. The third-order valence-electron chi connectivity index (χ3n) is 3.85. The van der Waals surface area contributed by atoms with E-state index in [0.717, 1.165) is 11.4 Å². The van der Waals surface area contributed by atoms with Crippen molar-refractivity contribution in [2.45, 2.75) is 13.3 Å². The molecule has 0 aromatic heterocycles. The summed E-state index contributed by atoms with van der Waals surface area (Å²) < 4.78 is 0. The third kappa shape index (κ3) is 5.13. The van der Waals surface area contributed by atoms with E-state index in [2.05, 4.69) is 5.32 Å². The van der Waals surface area contributed by atoms with Crippen molar-refractivity contribution in [3.05, 3.63) is 52.5 Å². The van der Waals surface area contributed by atoms with Crippen LogP contribution in [-0.4, -0.2) is 32.5 Å². The van der Waals surface area contributed by atoms with Crippen LogP contribution in [0.5, 0.6) is 0 Å². The van der Waals surface area contributed by atoms with Crippen LogP contribution in [-0.2, 0) is 9.59 Å². The maximum atomic E-state index is 12.2. The summed E-state index contributed by atoms with van der Waals surface area (Å²) in [5, 5.41) is 3.44. The molecule has 0 bridgehead atoms. The van der Waals surface area contributed by atoms with Gasteiger partial charge in [-0.15, -0.1) is 0 Å². The molecule has 2 aromatic rings. The molecule has 0 saturated heterocycles. The summed E-state index contributed by atoms with van der Waals surface area (Å²) in [6.07, 6.45) is 0.122. The topological polar surface area (TPSA) is 52.7 Å². The molecule has 0 aliphatic heterocycles. The first kappa shape index (κ1) is 20.1. The molecule has 7 heteroatoms. The van der Waals surface area contributed by atoms with Crippen molar-refractivity contribution in [3.63, 3.8) is 0 Å². The van der Waals surface area contributed by atoms with Crippen LogP contribution in [0, 0.1) is 0 Å². The minimum Gasteiger partial charge on any atom is -0.378 e. The van der Waals surface area contributed by atoms with Crippen molar-refractivity contribution in [3.8, 4) is 0 Å². The van der Waals surface area contributed by atoms with Gasteiger partial charge in [-0.2, -0.15) is 0 Å². The molecule has 1 N–H and O–H groups in total. The van der Waals surface area contributed by atoms with Crippen molar-refractivity contribution in [1.82, 2.24) is 0 Å². The second kappa shape index (κ2) is 8.92. The van der Waals surface area contributed by atoms with Crippen LogP contribution in [0.4, 0.5) is 17.1 Å². The first-order chi connectivity index (χ1) is 12.3. The molecule has 26 heavy (non-hydrogen) atoms. The number of hydrogen-bond donors (Lipinski definition) is 1. The van der Waals surface area contributed by atoms with E-state index in [1.807, 2.05) is 43.3 Å². The SMILES string of the molecule is CC(=O)N(CCC(=O)Nc1c(Cl)cccc1Cl)c1ccc(N(C)C)cc1. The van der Waals surface area contributed by atoms with E-state index in [4.69, 9.17) is 23.2 Å². The molecule has 5 nitrogen and oxygen atoms in total. The number of nitrogens with one attached hydrogen (secondary N) is 1. The average Bonchev–Trinajstić information content (AvgIpc) is 2.58. The molecule has 0 saturated carbocycles. The lowest BCUT2D eigenvalue weighted by atomic mass is 10.2. The normalized spacial score (nSPS) is 10.3. The van der Waals surface area contributed by atoms with Crippen LogP contribution in [0.25, 0.3) is 0 Å². The van der Waals surface area contributed by atoms with E-state index in [1.165, 1.54) is 6.92 Å². The number of amides is 2. The van der Waals surface area contributed by atoms with Gasteiger partial charge in [0.2, 0.25) is 11.8 Å². The number of carbonyl (C=O) groups is 2. The molecular formula is C19H21Cl2N3O2. The second-order valence-electron chi connectivity index (χ2n) is 5.98. The number of hydrogen-bond acceptors (Lipinski definition) is 3. The van der Waals surface area contributed by atoms with Gasteiger partial charge in [0.15, 0.2) is 0 Å². The maximum Gasteiger partial charge on any atom is 0.226 e. The Morgan fingerprint density at radius 2 is 1.50 bits per heavy atom. The summed E-state index contributed by atoms with van der Waals surface area (Å²) >= 11 is 12.1. The first-order valence-electron chi connectivity index (χ1n) is 8.09. The van der Waals surface area contributed by atoms with Gasteiger partial charge in [0.1, 0.15) is 0 Å². The standard InChI is InChI=1S/C19H21Cl2N3O2/c1-13(25)24(15-9-7-14(8-10-15)23(2)3)12-11-18(26)22-19-16(20)5-4-6-17(19)21/h4-10H,11-12H2,1-3H3,(H,22,26). The quantitative estimate of drug-likeness (QED) is 0.788. The highest BCUT2D eigenvalue weighted by molar-refractivity contribution is 6.39. The zero-order valence-corrected chi connectivity index (χ0v) is 16.4. The molecule has 2 amide bonds. The predicted molar refractivity (Wildman–Crippen MR) is 109 cm³/mol. The lowest BCUT2D eigenvalue weighted by molar-refractivity contribution is -0.117. The fraction of sp³-hybridized carbons (Fsp3) is 0.263. The number of para-hydroxylation sites is 1. The van der Waals surface area contributed by atoms with Crippen LogP contribution in [0.15, 0.2) is 42.5 Å². The molecule has 0 radical (unpaired) electrons. The molecule has 0 spiro atoms. The minimum atomic E-state index is -0.267. The number of rotatable bonds is 6. The fourth-order valence-corrected chi connectivity index (χ4v) is 2.92. The van der Waals surface area contributed by atoms with Crippen molar-refractivity contribution in [1.29, 1.82) is 0 Å². The van der Waals surface area contributed by atoms with Crippen LogP contribution in [0.3, 0.4) is 0 Å². The first-order valence-corrected chi connectivity index (χ1v) is 8.84. The Bertz CT molecular complexity index is 772. The maximum absolute atomic E-state index is 12.2. The molecule has 0 aliphatic carbocycles. The zero-order chi connectivity index (χ0) is 19.3. The van der Waals surface area contributed by atoms with Gasteiger partial charge >= 0.3 is 0 Å². The summed E-state index contributed by atoms with van der Waals surface area (Å²) in [6, 6.07) is 12.6. The molecule has 0 atom stereocenters. The number of halogens is 2. The molecule has 0 fully saturated rings. The van der Waals surface area contributed by atoms with Crippen molar-refractivity contribution in [2.24, 2.45) is 0 Å². The Hall–Kier alpha value is -2.24. The molecule has 138 valence electrons. The summed E-state index contributed by atoms with van der Waals surface area (Å²) in [5.74, 6) is -0.401. The highest BCUT2D eigenvalue weighted by Gasteiger charge is 2.15. The van der Waals surface area contributed by atoms with Gasteiger partial charge in [-0.25, -0.2) is 0 Å². The third-order valence-corrected chi connectivity index (χ3v) is 4.48. The molecule has 2 aromatic carbocycles. The molecule has 0 heterocycles. The predicted octanol–water partition coefficient (Wildman–Crippen LogP) is 4.44. The van der Waals surface area contributed by atoms with E-state index < -0.39 is 0 Å². The Balaban J connectivity index is 2.04.